The average molecular weight is 548 g/mol. The fraction of sp³-hybridized carbons (Fsp3) is 0.333. The molecule has 7 nitrogen and oxygen atoms in total. The molecule has 0 radical (unpaired) electrons. The third kappa shape index (κ3) is 5.59. The van der Waals surface area contributed by atoms with Crippen molar-refractivity contribution in [2.45, 2.75) is 0 Å². The van der Waals surface area contributed by atoms with Gasteiger partial charge in [-0.25, -0.2) is 0 Å². The minimum absolute atomic E-state index is 0.0947. The first-order valence-corrected chi connectivity index (χ1v) is 13.2. The molecule has 1 heterocycles. The predicted molar refractivity (Wildman–Crippen MR) is 121 cm³/mol. The molecule has 0 unspecified atom stereocenters. The molecular weight excluding hydrogens is 521 g/mol. The molecule has 0 saturated carbocycles. The van der Waals surface area contributed by atoms with E-state index < -0.39 is 0 Å². The van der Waals surface area contributed by atoms with Gasteiger partial charge in [0, 0.05) is 14.2 Å². The molecule has 0 aliphatic carbocycles. The van der Waals surface area contributed by atoms with Crippen LogP contribution in [-0.4, -0.2) is 62.6 Å². The maximum atomic E-state index is 5.94. The zero-order valence-electron chi connectivity index (χ0n) is 18.7. The zero-order valence-corrected chi connectivity index (χ0v) is 20.9. The van der Waals surface area contributed by atoms with Gasteiger partial charge in [-0.05, 0) is 0 Å². The van der Waals surface area contributed by atoms with Crippen LogP contribution < -0.4 is 35.6 Å². The van der Waals surface area contributed by atoms with Crippen LogP contribution in [0, 0.1) is 15.9 Å². The fourth-order valence-electron chi connectivity index (χ4n) is 3.13. The number of aromatic nitrogens is 2. The number of anilines is 2. The van der Waals surface area contributed by atoms with E-state index in [1.807, 2.05) is 30.1 Å². The third-order valence-electron chi connectivity index (χ3n) is 4.78. The second-order valence-corrected chi connectivity index (χ2v) is 8.99. The summed E-state index contributed by atoms with van der Waals surface area (Å²) >= 11 is -0.0947. The van der Waals surface area contributed by atoms with Crippen molar-refractivity contribution in [2.75, 3.05) is 57.5 Å². The van der Waals surface area contributed by atoms with Crippen molar-refractivity contribution in [1.82, 2.24) is 9.97 Å². The number of hydrogen-bond donors (Lipinski definition) is 0. The summed E-state index contributed by atoms with van der Waals surface area (Å²) < 4.78 is 23.3. The molecule has 32 heavy (non-hydrogen) atoms. The van der Waals surface area contributed by atoms with Gasteiger partial charge < -0.3 is 9.47 Å². The molecule has 3 rings (SSSR count). The van der Waals surface area contributed by atoms with Gasteiger partial charge in [0.1, 0.15) is 0 Å². The van der Waals surface area contributed by atoms with Crippen LogP contribution in [0.4, 0.5) is 11.5 Å². The number of halogens is 1. The van der Waals surface area contributed by atoms with E-state index >= 15 is 0 Å². The Balaban J connectivity index is 2.03. The minimum atomic E-state index is -0.0947. The normalized spacial score (nSPS) is 10.8. The van der Waals surface area contributed by atoms with Crippen LogP contribution in [0.25, 0.3) is 10.9 Å². The van der Waals surface area contributed by atoms with Gasteiger partial charge in [-0.15, -0.1) is 0 Å². The first kappa shape index (κ1) is 24.0. The number of methoxy groups -OCH3 is 2. The van der Waals surface area contributed by atoms with Crippen molar-refractivity contribution in [3.63, 3.8) is 0 Å². The van der Waals surface area contributed by atoms with Crippen molar-refractivity contribution >= 4 is 22.4 Å². The summed E-state index contributed by atoms with van der Waals surface area (Å²) in [5, 5.41) is 0.843. The van der Waals surface area contributed by atoms with E-state index in [1.165, 1.54) is 3.57 Å². The first-order chi connectivity index (χ1) is 15.6. The molecule has 8 heteroatoms. The molecule has 1 aromatic heterocycles. The van der Waals surface area contributed by atoms with Crippen LogP contribution in [0.1, 0.15) is 5.56 Å². The van der Waals surface area contributed by atoms with Gasteiger partial charge in [-0.2, -0.15) is 0 Å². The Labute approximate surface area is 199 Å². The number of alkyl halides is 1. The molecule has 0 aliphatic rings. The molecule has 0 fully saturated rings. The topological polar surface area (TPSA) is 65.9 Å². The van der Waals surface area contributed by atoms with Crippen molar-refractivity contribution in [3.8, 4) is 23.8 Å². The van der Waals surface area contributed by atoms with E-state index in [1.54, 1.807) is 20.5 Å². The summed E-state index contributed by atoms with van der Waals surface area (Å²) in [5.41, 5.74) is 2.64. The van der Waals surface area contributed by atoms with E-state index in [4.69, 9.17) is 25.4 Å². The monoisotopic (exact) mass is 548 g/mol. The summed E-state index contributed by atoms with van der Waals surface area (Å²) in [6.45, 7) is 1.74. The van der Waals surface area contributed by atoms with E-state index in [9.17, 15) is 0 Å². The fourth-order valence-corrected chi connectivity index (χ4v) is 4.56. The molecule has 0 amide bonds. The Kier molecular flexibility index (Phi) is 8.90. The number of hydrogen-bond acceptors (Lipinski definition) is 7. The molecule has 0 bridgehead atoms. The summed E-state index contributed by atoms with van der Waals surface area (Å²) in [6, 6.07) is 9.99. The number of benzene rings is 2. The van der Waals surface area contributed by atoms with Gasteiger partial charge in [-0.3, -0.25) is 0 Å². The van der Waals surface area contributed by atoms with Crippen molar-refractivity contribution in [1.29, 1.82) is 0 Å². The Bertz CT molecular complexity index is 1100. The van der Waals surface area contributed by atoms with E-state index in [0.29, 0.717) is 37.9 Å². The van der Waals surface area contributed by atoms with E-state index in [-0.39, 0.29) is 21.2 Å². The van der Waals surface area contributed by atoms with Crippen LogP contribution in [0.5, 0.6) is 11.5 Å². The van der Waals surface area contributed by atoms with Crippen LogP contribution >= 0.6 is 0 Å². The molecule has 170 valence electrons. The van der Waals surface area contributed by atoms with Crippen LogP contribution in [0.3, 0.4) is 0 Å². The second-order valence-electron chi connectivity index (χ2n) is 6.75. The molecule has 3 aromatic rings. The van der Waals surface area contributed by atoms with Gasteiger partial charge >= 0.3 is 169 Å². The predicted octanol–water partition coefficient (Wildman–Crippen LogP) is 0.318. The summed E-state index contributed by atoms with van der Waals surface area (Å²) in [6.07, 6.45) is 7.29. The summed E-state index contributed by atoms with van der Waals surface area (Å²) in [5.74, 6) is 4.76. The van der Waals surface area contributed by atoms with Crippen molar-refractivity contribution in [3.05, 3.63) is 45.8 Å². The Morgan fingerprint density at radius 2 is 1.66 bits per heavy atom. The summed E-state index contributed by atoms with van der Waals surface area (Å²) in [4.78, 5) is 13.2. The molecule has 0 saturated heterocycles. The Hall–Kier alpha value is -2.61. The quantitative estimate of drug-likeness (QED) is 0.148. The van der Waals surface area contributed by atoms with Crippen LogP contribution in [0.15, 0.2) is 36.7 Å². The van der Waals surface area contributed by atoms with E-state index in [2.05, 4.69) is 33.0 Å². The third-order valence-corrected chi connectivity index (χ3v) is 6.89. The number of fused-ring (bicyclic) bond motifs is 1. The Morgan fingerprint density at radius 3 is 2.28 bits per heavy atom. The molecule has 0 spiro atoms. The van der Waals surface area contributed by atoms with E-state index in [0.717, 1.165) is 28.0 Å². The van der Waals surface area contributed by atoms with Crippen LogP contribution in [-0.2, 0) is 9.47 Å². The van der Waals surface area contributed by atoms with Gasteiger partial charge in [0.05, 0.1) is 6.61 Å². The SMILES string of the molecule is C#Cc1cc(N(C)c2ncnc3cc(OCCOC)c(OCCOC)cc23)ccc1[I-]C. The Morgan fingerprint density at radius 1 is 0.969 bits per heavy atom. The molecule has 0 N–H and O–H groups in total. The van der Waals surface area contributed by atoms with Gasteiger partial charge in [-0.1, -0.05) is 0 Å². The number of terminal acetylenes is 1. The molecular formula is C24H27IN3O4-. The molecule has 0 atom stereocenters. The van der Waals surface area contributed by atoms with Gasteiger partial charge in [0.2, 0.25) is 0 Å². The van der Waals surface area contributed by atoms with Gasteiger partial charge in [0.15, 0.2) is 0 Å². The second kappa shape index (κ2) is 11.9. The standard InChI is InChI=1S/C24H27IN3O4/c1-6-17-13-18(7-8-20(17)25-2)28(3)24-19-14-22(31-11-9-29-4)23(32-12-10-30-5)15-21(19)26-16-27-24/h1,7-8,13-16H,9-12H2,2-5H3/q-1. The average Bonchev–Trinajstić information content (AvgIpc) is 2.83. The van der Waals surface area contributed by atoms with Crippen molar-refractivity contribution < 1.29 is 40.2 Å². The van der Waals surface area contributed by atoms with Crippen LogP contribution in [0.2, 0.25) is 0 Å². The van der Waals surface area contributed by atoms with Gasteiger partial charge in [0.25, 0.3) is 0 Å². The number of ether oxygens (including phenoxy) is 4. The van der Waals surface area contributed by atoms with Crippen molar-refractivity contribution in [2.24, 2.45) is 0 Å². The number of nitrogens with zero attached hydrogens (tertiary/aromatic N) is 3. The zero-order chi connectivity index (χ0) is 22.9. The number of rotatable bonds is 11. The maximum absolute atomic E-state index is 5.94. The molecule has 2 aromatic carbocycles. The molecule has 0 aliphatic heterocycles. The summed E-state index contributed by atoms with van der Waals surface area (Å²) in [7, 11) is 5.24. The first-order valence-electron chi connectivity index (χ1n) is 9.99.